The van der Waals surface area contributed by atoms with Gasteiger partial charge >= 0.3 is 0 Å². The molecule has 0 aromatic heterocycles. The summed E-state index contributed by atoms with van der Waals surface area (Å²) in [5, 5.41) is 0. The Hall–Kier alpha value is -2.13. The summed E-state index contributed by atoms with van der Waals surface area (Å²) in [6.45, 7) is 3.90. The SMILES string of the molecule is CC1=CC(=NSc2ccc(C)cc2)c2ccccc2C1=O. The third-order valence-corrected chi connectivity index (χ3v) is 4.20. The number of carbonyl (C=O) groups excluding carboxylic acids is 1. The van der Waals surface area contributed by atoms with Crippen LogP contribution in [-0.4, -0.2) is 11.5 Å². The maximum absolute atomic E-state index is 12.1. The van der Waals surface area contributed by atoms with Gasteiger partial charge in [0.25, 0.3) is 0 Å². The Labute approximate surface area is 128 Å². The molecule has 21 heavy (non-hydrogen) atoms. The van der Waals surface area contributed by atoms with Crippen LogP contribution in [0, 0.1) is 6.92 Å². The standard InChI is InChI=1S/C18H15NOS/c1-12-7-9-14(10-8-12)21-19-17-11-13(2)18(20)16-6-4-3-5-15(16)17/h3-11H,1-2H3. The lowest BCUT2D eigenvalue weighted by atomic mass is 9.90. The summed E-state index contributed by atoms with van der Waals surface area (Å²) < 4.78 is 4.61. The first-order valence-electron chi connectivity index (χ1n) is 6.79. The van der Waals surface area contributed by atoms with E-state index in [0.29, 0.717) is 0 Å². The quantitative estimate of drug-likeness (QED) is 0.755. The summed E-state index contributed by atoms with van der Waals surface area (Å²) >= 11 is 1.43. The van der Waals surface area contributed by atoms with Crippen molar-refractivity contribution >= 4 is 23.4 Å². The molecule has 0 aliphatic heterocycles. The third kappa shape index (κ3) is 2.83. The monoisotopic (exact) mass is 293 g/mol. The van der Waals surface area contributed by atoms with E-state index in [1.807, 2.05) is 37.3 Å². The smallest absolute Gasteiger partial charge is 0.189 e. The highest BCUT2D eigenvalue weighted by molar-refractivity contribution is 7.98. The molecule has 2 nitrogen and oxygen atoms in total. The van der Waals surface area contributed by atoms with Gasteiger partial charge in [0.15, 0.2) is 5.78 Å². The number of fused-ring (bicyclic) bond motifs is 1. The van der Waals surface area contributed by atoms with Gasteiger partial charge in [-0.05, 0) is 37.6 Å². The molecular formula is C18H15NOS. The average molecular weight is 293 g/mol. The molecular weight excluding hydrogens is 278 g/mol. The van der Waals surface area contributed by atoms with Crippen LogP contribution in [0.15, 0.2) is 69.5 Å². The molecule has 0 saturated heterocycles. The Bertz CT molecular complexity index is 757. The highest BCUT2D eigenvalue weighted by Crippen LogP contribution is 2.26. The maximum atomic E-state index is 12.1. The molecule has 0 fully saturated rings. The highest BCUT2D eigenvalue weighted by Gasteiger charge is 2.21. The molecule has 0 heterocycles. The van der Waals surface area contributed by atoms with E-state index in [-0.39, 0.29) is 5.78 Å². The van der Waals surface area contributed by atoms with Crippen molar-refractivity contribution in [3.05, 3.63) is 76.9 Å². The van der Waals surface area contributed by atoms with Crippen molar-refractivity contribution in [2.24, 2.45) is 4.40 Å². The normalized spacial score (nSPS) is 15.8. The van der Waals surface area contributed by atoms with Gasteiger partial charge in [-0.3, -0.25) is 4.79 Å². The van der Waals surface area contributed by atoms with Gasteiger partial charge in [0, 0.05) is 28.0 Å². The van der Waals surface area contributed by atoms with Gasteiger partial charge in [0.05, 0.1) is 5.71 Å². The molecule has 0 bridgehead atoms. The number of nitrogens with zero attached hydrogens (tertiary/aromatic N) is 1. The fourth-order valence-electron chi connectivity index (χ4n) is 2.24. The summed E-state index contributed by atoms with van der Waals surface area (Å²) in [6.07, 6.45) is 1.87. The van der Waals surface area contributed by atoms with Gasteiger partial charge in [0.1, 0.15) is 0 Å². The Morgan fingerprint density at radius 1 is 0.905 bits per heavy atom. The zero-order valence-electron chi connectivity index (χ0n) is 12.0. The maximum Gasteiger partial charge on any atom is 0.189 e. The molecule has 3 heteroatoms. The minimum atomic E-state index is 0.0879. The van der Waals surface area contributed by atoms with Gasteiger partial charge in [0.2, 0.25) is 0 Å². The molecule has 2 aromatic rings. The molecule has 0 atom stereocenters. The van der Waals surface area contributed by atoms with Crippen molar-refractivity contribution in [2.45, 2.75) is 18.7 Å². The third-order valence-electron chi connectivity index (χ3n) is 3.43. The zero-order chi connectivity index (χ0) is 14.8. The fraction of sp³-hybridized carbons (Fsp3) is 0.111. The van der Waals surface area contributed by atoms with Crippen LogP contribution in [0.3, 0.4) is 0 Å². The van der Waals surface area contributed by atoms with Gasteiger partial charge < -0.3 is 0 Å². The lowest BCUT2D eigenvalue weighted by molar-refractivity contribution is 0.103. The van der Waals surface area contributed by atoms with Crippen molar-refractivity contribution in [3.63, 3.8) is 0 Å². The predicted molar refractivity (Wildman–Crippen MR) is 88.1 cm³/mol. The fourth-order valence-corrected chi connectivity index (χ4v) is 2.85. The van der Waals surface area contributed by atoms with Gasteiger partial charge in [-0.15, -0.1) is 0 Å². The zero-order valence-corrected chi connectivity index (χ0v) is 12.8. The number of aryl methyl sites for hydroxylation is 1. The van der Waals surface area contributed by atoms with Crippen molar-refractivity contribution < 1.29 is 4.79 Å². The van der Waals surface area contributed by atoms with Crippen molar-refractivity contribution in [1.82, 2.24) is 0 Å². The number of allylic oxidation sites excluding steroid dienone is 2. The van der Waals surface area contributed by atoms with E-state index in [1.54, 1.807) is 0 Å². The lowest BCUT2D eigenvalue weighted by Crippen LogP contribution is -2.15. The van der Waals surface area contributed by atoms with E-state index in [0.717, 1.165) is 27.3 Å². The Kier molecular flexibility index (Phi) is 3.76. The minimum absolute atomic E-state index is 0.0879. The number of carbonyl (C=O) groups is 1. The van der Waals surface area contributed by atoms with Crippen LogP contribution in [0.25, 0.3) is 0 Å². The largest absolute Gasteiger partial charge is 0.289 e. The van der Waals surface area contributed by atoms with Gasteiger partial charge in [-0.25, -0.2) is 4.40 Å². The molecule has 0 radical (unpaired) electrons. The number of rotatable bonds is 2. The van der Waals surface area contributed by atoms with Crippen LogP contribution >= 0.6 is 11.9 Å². The molecule has 2 aromatic carbocycles. The molecule has 3 rings (SSSR count). The number of Topliss-reactive ketones (excluding diaryl/α,β-unsaturated/α-hetero) is 1. The Balaban J connectivity index is 1.95. The van der Waals surface area contributed by atoms with Crippen LogP contribution < -0.4 is 0 Å². The van der Waals surface area contributed by atoms with E-state index >= 15 is 0 Å². The first-order chi connectivity index (χ1) is 10.1. The molecule has 0 spiro atoms. The molecule has 0 saturated carbocycles. The van der Waals surface area contributed by atoms with Crippen LogP contribution in [0.4, 0.5) is 0 Å². The van der Waals surface area contributed by atoms with Gasteiger partial charge in [-0.1, -0.05) is 42.0 Å². The summed E-state index contributed by atoms with van der Waals surface area (Å²) in [6, 6.07) is 15.9. The van der Waals surface area contributed by atoms with Crippen molar-refractivity contribution in [2.75, 3.05) is 0 Å². The number of hydrogen-bond donors (Lipinski definition) is 0. The topological polar surface area (TPSA) is 29.4 Å². The van der Waals surface area contributed by atoms with Crippen LogP contribution in [-0.2, 0) is 0 Å². The summed E-state index contributed by atoms with van der Waals surface area (Å²) in [4.78, 5) is 13.2. The molecule has 0 amide bonds. The van der Waals surface area contributed by atoms with Crippen molar-refractivity contribution in [3.8, 4) is 0 Å². The van der Waals surface area contributed by atoms with E-state index in [2.05, 4.69) is 35.6 Å². The first-order valence-corrected chi connectivity index (χ1v) is 7.56. The Morgan fingerprint density at radius 2 is 1.57 bits per heavy atom. The molecule has 104 valence electrons. The number of benzene rings is 2. The summed E-state index contributed by atoms with van der Waals surface area (Å²) in [5.74, 6) is 0.0879. The summed E-state index contributed by atoms with van der Waals surface area (Å²) in [7, 11) is 0. The molecule has 1 aliphatic carbocycles. The Morgan fingerprint density at radius 3 is 2.29 bits per heavy atom. The first kappa shape index (κ1) is 13.8. The molecule has 0 unspecified atom stereocenters. The van der Waals surface area contributed by atoms with Gasteiger partial charge in [-0.2, -0.15) is 0 Å². The second-order valence-corrected chi connectivity index (χ2v) is 5.92. The molecule has 0 N–H and O–H groups in total. The van der Waals surface area contributed by atoms with Crippen LogP contribution in [0.5, 0.6) is 0 Å². The van der Waals surface area contributed by atoms with Crippen LogP contribution in [0.2, 0.25) is 0 Å². The van der Waals surface area contributed by atoms with E-state index in [4.69, 9.17) is 0 Å². The lowest BCUT2D eigenvalue weighted by Gasteiger charge is -2.14. The number of hydrogen-bond acceptors (Lipinski definition) is 3. The number of ketones is 1. The van der Waals surface area contributed by atoms with E-state index in [1.165, 1.54) is 17.5 Å². The predicted octanol–water partition coefficient (Wildman–Crippen LogP) is 4.63. The molecule has 1 aliphatic rings. The van der Waals surface area contributed by atoms with E-state index < -0.39 is 0 Å². The van der Waals surface area contributed by atoms with E-state index in [9.17, 15) is 4.79 Å². The average Bonchev–Trinajstić information content (AvgIpc) is 2.51. The van der Waals surface area contributed by atoms with Crippen molar-refractivity contribution in [1.29, 1.82) is 0 Å². The second-order valence-electron chi connectivity index (χ2n) is 5.08. The second kappa shape index (κ2) is 5.70. The van der Waals surface area contributed by atoms with Crippen LogP contribution in [0.1, 0.15) is 28.4 Å². The highest BCUT2D eigenvalue weighted by atomic mass is 32.2. The minimum Gasteiger partial charge on any atom is -0.289 e. The summed E-state index contributed by atoms with van der Waals surface area (Å²) in [5.41, 5.74) is 4.47.